The van der Waals surface area contributed by atoms with Crippen LogP contribution in [0.25, 0.3) is 0 Å². The number of rotatable bonds is 4. The van der Waals surface area contributed by atoms with Gasteiger partial charge in [0.2, 0.25) is 0 Å². The molecule has 0 aliphatic rings. The molecular weight excluding hydrogens is 250 g/mol. The van der Waals surface area contributed by atoms with Crippen LogP contribution in [-0.4, -0.2) is 27.4 Å². The Morgan fingerprint density at radius 3 is 2.80 bits per heavy atom. The average molecular weight is 267 g/mol. The van der Waals surface area contributed by atoms with E-state index in [9.17, 15) is 4.79 Å². The van der Waals surface area contributed by atoms with Crippen LogP contribution in [0.2, 0.25) is 0 Å². The summed E-state index contributed by atoms with van der Waals surface area (Å²) in [6.45, 7) is 2.85. The maximum Gasteiger partial charge on any atom is 0.298 e. The highest BCUT2D eigenvalue weighted by atomic mass is 16.2. The van der Waals surface area contributed by atoms with Crippen LogP contribution >= 0.6 is 0 Å². The summed E-state index contributed by atoms with van der Waals surface area (Å²) in [5.41, 5.74) is 1.20. The summed E-state index contributed by atoms with van der Waals surface area (Å²) in [7, 11) is 1.73. The molecule has 20 heavy (non-hydrogen) atoms. The predicted octanol–water partition coefficient (Wildman–Crippen LogP) is 1.91. The number of hydrogen-bond acceptors (Lipinski definition) is 2. The van der Waals surface area contributed by atoms with E-state index in [1.165, 1.54) is 5.56 Å². The Balaban J connectivity index is 2.08. The second-order valence-electron chi connectivity index (χ2n) is 4.49. The lowest BCUT2D eigenvalue weighted by Gasteiger charge is -2.15. The summed E-state index contributed by atoms with van der Waals surface area (Å²) in [4.78, 5) is 17.5. The van der Waals surface area contributed by atoms with Gasteiger partial charge in [-0.2, -0.15) is 0 Å². The molecular formula is C16H17N3O. The van der Waals surface area contributed by atoms with E-state index in [1.807, 2.05) is 29.0 Å². The van der Waals surface area contributed by atoms with Gasteiger partial charge < -0.3 is 9.47 Å². The molecule has 0 atom stereocenters. The molecule has 1 amide bonds. The monoisotopic (exact) mass is 267 g/mol. The molecule has 1 aromatic carbocycles. The molecule has 0 radical (unpaired) electrons. The Hall–Kier alpha value is -2.54. The van der Waals surface area contributed by atoms with Crippen molar-refractivity contribution in [3.63, 3.8) is 0 Å². The number of carbonyl (C=O) groups is 1. The lowest BCUT2D eigenvalue weighted by Crippen LogP contribution is -2.26. The smallest absolute Gasteiger partial charge is 0.298 e. The first-order valence-corrected chi connectivity index (χ1v) is 6.42. The molecule has 0 saturated heterocycles. The number of imidazole rings is 1. The largest absolute Gasteiger partial charge is 0.329 e. The molecule has 0 N–H and O–H groups in total. The fourth-order valence-corrected chi connectivity index (χ4v) is 1.90. The van der Waals surface area contributed by atoms with E-state index < -0.39 is 0 Å². The molecule has 2 aromatic rings. The highest BCUT2D eigenvalue weighted by molar-refractivity contribution is 5.93. The van der Waals surface area contributed by atoms with Crippen molar-refractivity contribution in [3.05, 3.63) is 54.1 Å². The zero-order chi connectivity index (χ0) is 14.4. The highest BCUT2D eigenvalue weighted by Crippen LogP contribution is 2.07. The van der Waals surface area contributed by atoms with Crippen molar-refractivity contribution in [2.45, 2.75) is 20.0 Å². The molecule has 0 bridgehead atoms. The van der Waals surface area contributed by atoms with Gasteiger partial charge in [-0.15, -0.1) is 0 Å². The Kier molecular flexibility index (Phi) is 4.56. The fourth-order valence-electron chi connectivity index (χ4n) is 1.90. The van der Waals surface area contributed by atoms with Gasteiger partial charge in [-0.25, -0.2) is 4.98 Å². The van der Waals surface area contributed by atoms with Crippen molar-refractivity contribution in [1.29, 1.82) is 0 Å². The third-order valence-corrected chi connectivity index (χ3v) is 2.95. The van der Waals surface area contributed by atoms with Crippen LogP contribution in [-0.2, 0) is 17.9 Å². The maximum atomic E-state index is 11.7. The van der Waals surface area contributed by atoms with E-state index in [4.69, 9.17) is 0 Å². The van der Waals surface area contributed by atoms with Crippen LogP contribution in [0.1, 0.15) is 18.3 Å². The first-order chi connectivity index (χ1) is 9.70. The van der Waals surface area contributed by atoms with Gasteiger partial charge in [0.1, 0.15) is 5.82 Å². The number of nitrogens with zero attached hydrogens (tertiary/aromatic N) is 3. The van der Waals surface area contributed by atoms with Crippen molar-refractivity contribution in [3.8, 4) is 11.8 Å². The van der Waals surface area contributed by atoms with Gasteiger partial charge in [0.05, 0.1) is 6.54 Å². The lowest BCUT2D eigenvalue weighted by atomic mass is 10.2. The van der Waals surface area contributed by atoms with E-state index in [0.717, 1.165) is 12.4 Å². The third kappa shape index (κ3) is 3.48. The summed E-state index contributed by atoms with van der Waals surface area (Å²) >= 11 is 0. The summed E-state index contributed by atoms with van der Waals surface area (Å²) in [6.07, 6.45) is 3.67. The second kappa shape index (κ2) is 6.58. The van der Waals surface area contributed by atoms with E-state index in [1.54, 1.807) is 25.1 Å². The first-order valence-electron chi connectivity index (χ1n) is 6.42. The molecule has 0 aliphatic carbocycles. The second-order valence-corrected chi connectivity index (χ2v) is 4.49. The highest BCUT2D eigenvalue weighted by Gasteiger charge is 2.10. The summed E-state index contributed by atoms with van der Waals surface area (Å²) in [5, 5.41) is 0. The van der Waals surface area contributed by atoms with Gasteiger partial charge in [-0.1, -0.05) is 36.3 Å². The van der Waals surface area contributed by atoms with Crippen molar-refractivity contribution >= 4 is 5.91 Å². The van der Waals surface area contributed by atoms with Gasteiger partial charge >= 0.3 is 0 Å². The summed E-state index contributed by atoms with van der Waals surface area (Å²) < 4.78 is 2.04. The maximum absolute atomic E-state index is 11.7. The van der Waals surface area contributed by atoms with Gasteiger partial charge in [0, 0.05) is 26.0 Å². The van der Waals surface area contributed by atoms with Gasteiger partial charge in [0.25, 0.3) is 5.91 Å². The average Bonchev–Trinajstić information content (AvgIpc) is 2.87. The number of aromatic nitrogens is 2. The van der Waals surface area contributed by atoms with Gasteiger partial charge in [-0.3, -0.25) is 4.79 Å². The van der Waals surface area contributed by atoms with Crippen LogP contribution < -0.4 is 0 Å². The minimum Gasteiger partial charge on any atom is -0.329 e. The zero-order valence-corrected chi connectivity index (χ0v) is 11.7. The van der Waals surface area contributed by atoms with E-state index in [0.29, 0.717) is 6.54 Å². The Labute approximate surface area is 119 Å². The molecule has 4 nitrogen and oxygen atoms in total. The van der Waals surface area contributed by atoms with E-state index in [2.05, 4.69) is 29.0 Å². The summed E-state index contributed by atoms with van der Waals surface area (Å²) in [5.74, 6) is 5.80. The fraction of sp³-hybridized carbons (Fsp3) is 0.250. The van der Waals surface area contributed by atoms with Crippen LogP contribution in [0, 0.1) is 11.8 Å². The first kappa shape index (κ1) is 13.9. The Morgan fingerprint density at radius 2 is 2.10 bits per heavy atom. The topological polar surface area (TPSA) is 38.1 Å². The number of benzene rings is 1. The molecule has 0 spiro atoms. The van der Waals surface area contributed by atoms with Crippen molar-refractivity contribution in [2.24, 2.45) is 0 Å². The molecule has 0 fully saturated rings. The Morgan fingerprint density at radius 1 is 1.35 bits per heavy atom. The molecule has 0 unspecified atom stereocenters. The third-order valence-electron chi connectivity index (χ3n) is 2.95. The molecule has 1 aromatic heterocycles. The van der Waals surface area contributed by atoms with Crippen LogP contribution in [0.15, 0.2) is 42.7 Å². The summed E-state index contributed by atoms with van der Waals surface area (Å²) in [6, 6.07) is 10.2. The van der Waals surface area contributed by atoms with Crippen LogP contribution in [0.3, 0.4) is 0 Å². The number of amides is 1. The SMILES string of the molecule is CC#CC(=O)N(C)Cc1nccn1Cc1ccccc1. The Bertz CT molecular complexity index is 634. The standard InChI is InChI=1S/C16H17N3O/c1-3-7-16(20)18(2)13-15-17-10-11-19(15)12-14-8-5-4-6-9-14/h4-6,8-11H,12-13H2,1-2H3. The molecule has 4 heteroatoms. The normalized spacial score (nSPS) is 9.70. The van der Waals surface area contributed by atoms with Crippen molar-refractivity contribution in [2.75, 3.05) is 7.05 Å². The van der Waals surface area contributed by atoms with Gasteiger partial charge in [-0.05, 0) is 18.4 Å². The lowest BCUT2D eigenvalue weighted by molar-refractivity contribution is -0.124. The zero-order valence-electron chi connectivity index (χ0n) is 11.7. The molecule has 0 saturated carbocycles. The molecule has 102 valence electrons. The quantitative estimate of drug-likeness (QED) is 0.794. The molecule has 0 aliphatic heterocycles. The number of hydrogen-bond donors (Lipinski definition) is 0. The minimum atomic E-state index is -0.193. The van der Waals surface area contributed by atoms with E-state index >= 15 is 0 Å². The number of carbonyl (C=O) groups excluding carboxylic acids is 1. The predicted molar refractivity (Wildman–Crippen MR) is 77.7 cm³/mol. The van der Waals surface area contributed by atoms with Crippen molar-refractivity contribution < 1.29 is 4.79 Å². The minimum absolute atomic E-state index is 0.193. The van der Waals surface area contributed by atoms with Gasteiger partial charge in [0.15, 0.2) is 0 Å². The van der Waals surface area contributed by atoms with Crippen LogP contribution in [0.5, 0.6) is 0 Å². The molecule has 2 rings (SSSR count). The van der Waals surface area contributed by atoms with E-state index in [-0.39, 0.29) is 5.91 Å². The van der Waals surface area contributed by atoms with Crippen molar-refractivity contribution in [1.82, 2.24) is 14.5 Å². The molecule has 1 heterocycles. The van der Waals surface area contributed by atoms with Crippen LogP contribution in [0.4, 0.5) is 0 Å².